The zero-order valence-electron chi connectivity index (χ0n) is 13.5. The molecule has 3 N–H and O–H groups in total. The molecule has 0 saturated carbocycles. The van der Waals surface area contributed by atoms with Crippen LogP contribution in [0.15, 0.2) is 42.6 Å². The third-order valence-electron chi connectivity index (χ3n) is 3.83. The number of anilines is 1. The van der Waals surface area contributed by atoms with Crippen LogP contribution in [0.3, 0.4) is 0 Å². The van der Waals surface area contributed by atoms with Crippen molar-refractivity contribution in [1.29, 1.82) is 0 Å². The lowest BCUT2D eigenvalue weighted by molar-refractivity contribution is 0.249. The number of aliphatic hydroxyl groups excluding tert-OH is 1. The molecule has 0 radical (unpaired) electrons. The maximum absolute atomic E-state index is 12.2. The van der Waals surface area contributed by atoms with Crippen LogP contribution in [0.5, 0.6) is 0 Å². The highest BCUT2D eigenvalue weighted by molar-refractivity contribution is 5.91. The summed E-state index contributed by atoms with van der Waals surface area (Å²) in [6.07, 6.45) is 1.67. The Kier molecular flexibility index (Phi) is 4.43. The quantitative estimate of drug-likeness (QED) is 0.686. The first-order chi connectivity index (χ1) is 11.6. The van der Waals surface area contributed by atoms with Crippen LogP contribution in [0.1, 0.15) is 24.2 Å². The average Bonchev–Trinajstić information content (AvgIpc) is 2.96. The predicted molar refractivity (Wildman–Crippen MR) is 91.4 cm³/mol. The van der Waals surface area contributed by atoms with Crippen molar-refractivity contribution in [1.82, 2.24) is 20.1 Å². The first-order valence-corrected chi connectivity index (χ1v) is 7.63. The zero-order chi connectivity index (χ0) is 17.1. The summed E-state index contributed by atoms with van der Waals surface area (Å²) in [6, 6.07) is 10.9. The largest absolute Gasteiger partial charge is 0.390 e. The van der Waals surface area contributed by atoms with Crippen LogP contribution >= 0.6 is 0 Å². The minimum absolute atomic E-state index is 0.134. The summed E-state index contributed by atoms with van der Waals surface area (Å²) in [6.45, 7) is 1.68. The molecular formula is C17H19N5O2. The lowest BCUT2D eigenvalue weighted by Gasteiger charge is -2.15. The molecule has 1 aromatic carbocycles. The van der Waals surface area contributed by atoms with Gasteiger partial charge >= 0.3 is 6.03 Å². The van der Waals surface area contributed by atoms with E-state index in [0.717, 1.165) is 16.5 Å². The van der Waals surface area contributed by atoms with Gasteiger partial charge in [-0.3, -0.25) is 10.00 Å². The molecule has 0 spiro atoms. The van der Waals surface area contributed by atoms with Gasteiger partial charge in [0.15, 0.2) is 0 Å². The van der Waals surface area contributed by atoms with Crippen LogP contribution in [0.25, 0.3) is 10.9 Å². The van der Waals surface area contributed by atoms with Crippen molar-refractivity contribution in [3.8, 4) is 0 Å². The number of amides is 2. The van der Waals surface area contributed by atoms with E-state index in [1.165, 1.54) is 0 Å². The molecule has 0 aliphatic carbocycles. The molecule has 3 aromatic rings. The number of benzene rings is 1. The van der Waals surface area contributed by atoms with Crippen molar-refractivity contribution >= 4 is 22.8 Å². The molecule has 1 unspecified atom stereocenters. The molecule has 0 aliphatic heterocycles. The van der Waals surface area contributed by atoms with Crippen LogP contribution in [0, 0.1) is 0 Å². The monoisotopic (exact) mass is 325 g/mol. The molecule has 2 heterocycles. The van der Waals surface area contributed by atoms with Gasteiger partial charge in [0.2, 0.25) is 0 Å². The number of aliphatic hydroxyl groups is 1. The minimum atomic E-state index is -0.356. The Morgan fingerprint density at radius 2 is 2.08 bits per heavy atom. The number of nitrogens with one attached hydrogen (secondary N) is 2. The molecule has 0 saturated heterocycles. The average molecular weight is 325 g/mol. The van der Waals surface area contributed by atoms with E-state index >= 15 is 0 Å². The number of nitrogens with zero attached hydrogens (tertiary/aromatic N) is 3. The van der Waals surface area contributed by atoms with Crippen LogP contribution < -0.4 is 10.6 Å². The molecule has 7 nitrogen and oxygen atoms in total. The predicted octanol–water partition coefficient (Wildman–Crippen LogP) is 2.34. The van der Waals surface area contributed by atoms with E-state index in [4.69, 9.17) is 0 Å². The van der Waals surface area contributed by atoms with E-state index in [9.17, 15) is 9.90 Å². The van der Waals surface area contributed by atoms with Crippen molar-refractivity contribution in [3.63, 3.8) is 0 Å². The minimum Gasteiger partial charge on any atom is -0.390 e. The summed E-state index contributed by atoms with van der Waals surface area (Å²) in [7, 11) is 1.78. The normalized spacial score (nSPS) is 12.1. The Morgan fingerprint density at radius 1 is 1.33 bits per heavy atom. The molecule has 0 bridgehead atoms. The fourth-order valence-corrected chi connectivity index (χ4v) is 2.64. The second-order valence-electron chi connectivity index (χ2n) is 5.55. The molecule has 7 heteroatoms. The maximum Gasteiger partial charge on any atom is 0.320 e. The van der Waals surface area contributed by atoms with Gasteiger partial charge < -0.3 is 10.4 Å². The molecular weight excluding hydrogens is 306 g/mol. The molecule has 0 fully saturated rings. The lowest BCUT2D eigenvalue weighted by atomic mass is 10.1. The number of carbonyl (C=O) groups is 1. The molecule has 1 atom stereocenters. The van der Waals surface area contributed by atoms with E-state index in [2.05, 4.69) is 20.7 Å². The number of rotatable bonds is 4. The van der Waals surface area contributed by atoms with Crippen LogP contribution in [-0.2, 0) is 13.7 Å². The lowest BCUT2D eigenvalue weighted by Crippen LogP contribution is -2.31. The second kappa shape index (κ2) is 6.67. The first kappa shape index (κ1) is 15.9. The second-order valence-corrected chi connectivity index (χ2v) is 5.55. The molecule has 124 valence electrons. The van der Waals surface area contributed by atoms with E-state index in [1.54, 1.807) is 24.0 Å². The Bertz CT molecular complexity index is 860. The number of carbonyl (C=O) groups excluding carboxylic acids is 1. The van der Waals surface area contributed by atoms with Gasteiger partial charge in [0, 0.05) is 12.4 Å². The van der Waals surface area contributed by atoms with Crippen LogP contribution in [0.2, 0.25) is 0 Å². The van der Waals surface area contributed by atoms with Gasteiger partial charge in [-0.05, 0) is 18.6 Å². The number of pyridine rings is 1. The third kappa shape index (κ3) is 3.21. The number of hydrogen-bond donors (Lipinski definition) is 3. The van der Waals surface area contributed by atoms with Crippen molar-refractivity contribution in [3.05, 3.63) is 53.9 Å². The van der Waals surface area contributed by atoms with E-state index in [1.807, 2.05) is 37.3 Å². The van der Waals surface area contributed by atoms with Gasteiger partial charge in [0.1, 0.15) is 5.82 Å². The highest BCUT2D eigenvalue weighted by atomic mass is 16.3. The summed E-state index contributed by atoms with van der Waals surface area (Å²) >= 11 is 0. The number of hydrogen-bond acceptors (Lipinski definition) is 4. The Hall–Kier alpha value is -2.93. The number of aromatic nitrogens is 3. The number of fused-ring (bicyclic) bond motifs is 1. The first-order valence-electron chi connectivity index (χ1n) is 7.63. The Labute approximate surface area is 139 Å². The highest BCUT2D eigenvalue weighted by Gasteiger charge is 2.13. The molecule has 24 heavy (non-hydrogen) atoms. The van der Waals surface area contributed by atoms with Gasteiger partial charge in [-0.15, -0.1) is 0 Å². The fraction of sp³-hybridized carbons (Fsp3) is 0.235. The van der Waals surface area contributed by atoms with Gasteiger partial charge in [-0.1, -0.05) is 30.3 Å². The SMILES string of the molecule is CC(NC(=O)Nc1cc2cnn(C)c2c(CO)n1)c1ccccc1. The van der Waals surface area contributed by atoms with Gasteiger partial charge in [-0.2, -0.15) is 5.10 Å². The summed E-state index contributed by atoms with van der Waals surface area (Å²) in [5, 5.41) is 20.0. The van der Waals surface area contributed by atoms with E-state index < -0.39 is 0 Å². The fourth-order valence-electron chi connectivity index (χ4n) is 2.64. The Balaban J connectivity index is 1.76. The van der Waals surface area contributed by atoms with Crippen LogP contribution in [0.4, 0.5) is 10.6 Å². The third-order valence-corrected chi connectivity index (χ3v) is 3.83. The smallest absolute Gasteiger partial charge is 0.320 e. The maximum atomic E-state index is 12.2. The summed E-state index contributed by atoms with van der Waals surface area (Å²) in [5.74, 6) is 0.373. The summed E-state index contributed by atoms with van der Waals surface area (Å²) in [5.41, 5.74) is 2.24. The van der Waals surface area contributed by atoms with Crippen LogP contribution in [-0.4, -0.2) is 25.9 Å². The molecule has 0 aliphatic rings. The van der Waals surface area contributed by atoms with Gasteiger partial charge in [-0.25, -0.2) is 9.78 Å². The topological polar surface area (TPSA) is 92.1 Å². The van der Waals surface area contributed by atoms with Gasteiger partial charge in [0.05, 0.1) is 30.1 Å². The zero-order valence-corrected chi connectivity index (χ0v) is 13.5. The number of urea groups is 1. The summed E-state index contributed by atoms with van der Waals surface area (Å²) < 4.78 is 1.65. The molecule has 2 amide bonds. The standard InChI is InChI=1S/C17H19N5O2/c1-11(12-6-4-3-5-7-12)19-17(24)21-15-8-13-9-18-22(2)16(13)14(10-23)20-15/h3-9,11,23H,10H2,1-2H3,(H2,19,20,21,24). The Morgan fingerprint density at radius 3 is 2.79 bits per heavy atom. The highest BCUT2D eigenvalue weighted by Crippen LogP contribution is 2.20. The van der Waals surface area contributed by atoms with E-state index in [0.29, 0.717) is 11.5 Å². The number of aryl methyl sites for hydroxylation is 1. The van der Waals surface area contributed by atoms with Gasteiger partial charge in [0.25, 0.3) is 0 Å². The van der Waals surface area contributed by atoms with Crippen molar-refractivity contribution < 1.29 is 9.90 Å². The molecule has 2 aromatic heterocycles. The van der Waals surface area contributed by atoms with Crippen molar-refractivity contribution in [2.24, 2.45) is 7.05 Å². The van der Waals surface area contributed by atoms with E-state index in [-0.39, 0.29) is 18.7 Å². The van der Waals surface area contributed by atoms with Crippen molar-refractivity contribution in [2.75, 3.05) is 5.32 Å². The van der Waals surface area contributed by atoms with Crippen molar-refractivity contribution in [2.45, 2.75) is 19.6 Å². The summed E-state index contributed by atoms with van der Waals surface area (Å²) in [4.78, 5) is 16.5. The molecule has 3 rings (SSSR count).